The van der Waals surface area contributed by atoms with Gasteiger partial charge in [-0.2, -0.15) is 0 Å². The van der Waals surface area contributed by atoms with Crippen LogP contribution in [-0.2, 0) is 9.53 Å². The standard InChI is InChI=1S/C10H19NO3/c1-3-14-10(8-9(12)13)4-6-11(2)7-5-10/h3-8H2,1-2H3,(H,12,13). The predicted molar refractivity (Wildman–Crippen MR) is 53.3 cm³/mol. The third-order valence-corrected chi connectivity index (χ3v) is 2.82. The monoisotopic (exact) mass is 201 g/mol. The van der Waals surface area contributed by atoms with Gasteiger partial charge in [-0.05, 0) is 26.8 Å². The van der Waals surface area contributed by atoms with Crippen molar-refractivity contribution in [2.24, 2.45) is 0 Å². The van der Waals surface area contributed by atoms with E-state index < -0.39 is 11.6 Å². The van der Waals surface area contributed by atoms with Crippen molar-refractivity contribution in [3.63, 3.8) is 0 Å². The van der Waals surface area contributed by atoms with Crippen molar-refractivity contribution < 1.29 is 14.6 Å². The summed E-state index contributed by atoms with van der Waals surface area (Å²) >= 11 is 0. The van der Waals surface area contributed by atoms with Gasteiger partial charge in [0.15, 0.2) is 0 Å². The number of ether oxygens (including phenoxy) is 1. The molecule has 0 radical (unpaired) electrons. The summed E-state index contributed by atoms with van der Waals surface area (Å²) in [7, 11) is 2.05. The molecule has 4 heteroatoms. The zero-order chi connectivity index (χ0) is 10.6. The summed E-state index contributed by atoms with van der Waals surface area (Å²) in [6, 6.07) is 0. The lowest BCUT2D eigenvalue weighted by atomic mass is 9.88. The van der Waals surface area contributed by atoms with Crippen LogP contribution in [0.5, 0.6) is 0 Å². The first-order chi connectivity index (χ1) is 6.58. The van der Waals surface area contributed by atoms with Crippen LogP contribution in [0.3, 0.4) is 0 Å². The van der Waals surface area contributed by atoms with E-state index in [4.69, 9.17) is 9.84 Å². The number of aliphatic carboxylic acids is 1. The number of carboxylic acids is 1. The first-order valence-electron chi connectivity index (χ1n) is 5.12. The van der Waals surface area contributed by atoms with Gasteiger partial charge >= 0.3 is 5.97 Å². The lowest BCUT2D eigenvalue weighted by molar-refractivity contribution is -0.149. The highest BCUT2D eigenvalue weighted by atomic mass is 16.5. The van der Waals surface area contributed by atoms with E-state index in [-0.39, 0.29) is 6.42 Å². The number of piperidine rings is 1. The maximum Gasteiger partial charge on any atom is 0.306 e. The van der Waals surface area contributed by atoms with Crippen LogP contribution in [0.4, 0.5) is 0 Å². The molecular weight excluding hydrogens is 182 g/mol. The Morgan fingerprint density at radius 3 is 2.50 bits per heavy atom. The molecule has 1 aliphatic rings. The van der Waals surface area contributed by atoms with Gasteiger partial charge < -0.3 is 14.7 Å². The number of nitrogens with zero attached hydrogens (tertiary/aromatic N) is 1. The molecular formula is C10H19NO3. The van der Waals surface area contributed by atoms with Crippen molar-refractivity contribution >= 4 is 5.97 Å². The number of likely N-dealkylation sites (tertiary alicyclic amines) is 1. The Kier molecular flexibility index (Phi) is 3.89. The highest BCUT2D eigenvalue weighted by molar-refractivity contribution is 5.68. The van der Waals surface area contributed by atoms with Crippen LogP contribution in [-0.4, -0.2) is 48.3 Å². The molecule has 0 aromatic rings. The molecule has 0 bridgehead atoms. The van der Waals surface area contributed by atoms with E-state index in [9.17, 15) is 4.79 Å². The Balaban J connectivity index is 2.57. The fourth-order valence-corrected chi connectivity index (χ4v) is 1.98. The molecule has 0 spiro atoms. The molecule has 1 heterocycles. The Morgan fingerprint density at radius 1 is 1.50 bits per heavy atom. The molecule has 1 saturated heterocycles. The van der Waals surface area contributed by atoms with Crippen molar-refractivity contribution in [3.05, 3.63) is 0 Å². The molecule has 1 aliphatic heterocycles. The number of hydrogen-bond acceptors (Lipinski definition) is 3. The van der Waals surface area contributed by atoms with E-state index in [0.29, 0.717) is 6.61 Å². The van der Waals surface area contributed by atoms with Crippen molar-refractivity contribution in [3.8, 4) is 0 Å². The molecule has 0 saturated carbocycles. The molecule has 0 unspecified atom stereocenters. The summed E-state index contributed by atoms with van der Waals surface area (Å²) in [6.45, 7) is 4.36. The average molecular weight is 201 g/mol. The first-order valence-corrected chi connectivity index (χ1v) is 5.12. The summed E-state index contributed by atoms with van der Waals surface area (Å²) in [5.74, 6) is -0.761. The van der Waals surface area contributed by atoms with Crippen molar-refractivity contribution in [1.82, 2.24) is 4.90 Å². The second-order valence-electron chi connectivity index (χ2n) is 3.99. The van der Waals surface area contributed by atoms with Gasteiger partial charge in [0.2, 0.25) is 0 Å². The van der Waals surface area contributed by atoms with Crippen LogP contribution < -0.4 is 0 Å². The zero-order valence-corrected chi connectivity index (χ0v) is 8.95. The number of carbonyl (C=O) groups is 1. The van der Waals surface area contributed by atoms with Crippen LogP contribution in [0.25, 0.3) is 0 Å². The van der Waals surface area contributed by atoms with Gasteiger partial charge in [-0.15, -0.1) is 0 Å². The van der Waals surface area contributed by atoms with Gasteiger partial charge in [-0.25, -0.2) is 0 Å². The van der Waals surface area contributed by atoms with Gasteiger partial charge in [0.25, 0.3) is 0 Å². The predicted octanol–water partition coefficient (Wildman–Crippen LogP) is 0.962. The Labute approximate surface area is 84.8 Å². The quantitative estimate of drug-likeness (QED) is 0.736. The number of carboxylic acid groups (broad SMARTS) is 1. The largest absolute Gasteiger partial charge is 0.481 e. The third kappa shape index (κ3) is 2.96. The summed E-state index contributed by atoms with van der Waals surface area (Å²) < 4.78 is 5.62. The maximum absolute atomic E-state index is 10.7. The van der Waals surface area contributed by atoms with Gasteiger partial charge in [0, 0.05) is 19.7 Å². The molecule has 82 valence electrons. The SMILES string of the molecule is CCOC1(CC(=O)O)CCN(C)CC1. The molecule has 1 N–H and O–H groups in total. The molecule has 0 aromatic carbocycles. The van der Waals surface area contributed by atoms with E-state index >= 15 is 0 Å². The lowest BCUT2D eigenvalue weighted by Gasteiger charge is -2.39. The fourth-order valence-electron chi connectivity index (χ4n) is 1.98. The second-order valence-corrected chi connectivity index (χ2v) is 3.99. The topological polar surface area (TPSA) is 49.8 Å². The summed E-state index contributed by atoms with van der Waals surface area (Å²) in [4.78, 5) is 12.9. The van der Waals surface area contributed by atoms with Crippen molar-refractivity contribution in [1.29, 1.82) is 0 Å². The second kappa shape index (κ2) is 4.75. The van der Waals surface area contributed by atoms with Gasteiger partial charge in [-0.3, -0.25) is 4.79 Å². The fraction of sp³-hybridized carbons (Fsp3) is 0.900. The molecule has 1 rings (SSSR count). The molecule has 0 amide bonds. The van der Waals surface area contributed by atoms with Crippen molar-refractivity contribution in [2.45, 2.75) is 31.8 Å². The minimum absolute atomic E-state index is 0.134. The van der Waals surface area contributed by atoms with E-state index in [1.165, 1.54) is 0 Å². The Morgan fingerprint density at radius 2 is 2.07 bits per heavy atom. The van der Waals surface area contributed by atoms with E-state index in [2.05, 4.69) is 11.9 Å². The van der Waals surface area contributed by atoms with E-state index in [1.807, 2.05) is 6.92 Å². The molecule has 1 fully saturated rings. The van der Waals surface area contributed by atoms with Crippen LogP contribution >= 0.6 is 0 Å². The third-order valence-electron chi connectivity index (χ3n) is 2.82. The van der Waals surface area contributed by atoms with Gasteiger partial charge in [0.1, 0.15) is 0 Å². The number of rotatable bonds is 4. The number of hydrogen-bond donors (Lipinski definition) is 1. The Hall–Kier alpha value is -0.610. The lowest BCUT2D eigenvalue weighted by Crippen LogP contribution is -2.46. The first kappa shape index (κ1) is 11.5. The van der Waals surface area contributed by atoms with E-state index in [1.54, 1.807) is 0 Å². The van der Waals surface area contributed by atoms with Gasteiger partial charge in [0.05, 0.1) is 12.0 Å². The highest BCUT2D eigenvalue weighted by Crippen LogP contribution is 2.29. The minimum atomic E-state index is -0.761. The highest BCUT2D eigenvalue weighted by Gasteiger charge is 2.36. The van der Waals surface area contributed by atoms with Crippen molar-refractivity contribution in [2.75, 3.05) is 26.7 Å². The van der Waals surface area contributed by atoms with E-state index in [0.717, 1.165) is 25.9 Å². The summed E-state index contributed by atoms with van der Waals surface area (Å²) in [6.07, 6.45) is 1.78. The average Bonchev–Trinajstić information content (AvgIpc) is 2.10. The zero-order valence-electron chi connectivity index (χ0n) is 8.95. The Bertz CT molecular complexity index is 198. The smallest absolute Gasteiger partial charge is 0.306 e. The molecule has 14 heavy (non-hydrogen) atoms. The maximum atomic E-state index is 10.7. The molecule has 4 nitrogen and oxygen atoms in total. The normalized spacial score (nSPS) is 22.1. The molecule has 0 aromatic heterocycles. The van der Waals surface area contributed by atoms with Crippen LogP contribution in [0.2, 0.25) is 0 Å². The summed E-state index contributed by atoms with van der Waals surface area (Å²) in [5, 5.41) is 8.83. The summed E-state index contributed by atoms with van der Waals surface area (Å²) in [5.41, 5.74) is -0.410. The van der Waals surface area contributed by atoms with Crippen LogP contribution in [0.15, 0.2) is 0 Å². The molecule has 0 aliphatic carbocycles. The minimum Gasteiger partial charge on any atom is -0.481 e. The van der Waals surface area contributed by atoms with Crippen LogP contribution in [0.1, 0.15) is 26.2 Å². The molecule has 0 atom stereocenters. The van der Waals surface area contributed by atoms with Gasteiger partial charge in [-0.1, -0.05) is 0 Å². The van der Waals surface area contributed by atoms with Crippen LogP contribution in [0, 0.1) is 0 Å².